The highest BCUT2D eigenvalue weighted by molar-refractivity contribution is 6.32. The second-order valence-electron chi connectivity index (χ2n) is 6.07. The Bertz CT molecular complexity index is 524. The van der Waals surface area contributed by atoms with Crippen LogP contribution in [0.15, 0.2) is 6.07 Å². The highest BCUT2D eigenvalue weighted by Crippen LogP contribution is 2.50. The smallest absolute Gasteiger partial charge is 0.166 e. The van der Waals surface area contributed by atoms with Crippen LogP contribution in [0.1, 0.15) is 43.7 Å². The number of benzene rings is 1. The maximum atomic E-state index is 6.71. The van der Waals surface area contributed by atoms with Crippen LogP contribution in [0.2, 0.25) is 5.02 Å². The molecule has 1 aliphatic heterocycles. The predicted octanol–water partition coefficient (Wildman–Crippen LogP) is 3.44. The Labute approximate surface area is 125 Å². The molecular formula is C16H22ClNO2. The average Bonchev–Trinajstić information content (AvgIpc) is 3.06. The third kappa shape index (κ3) is 1.99. The van der Waals surface area contributed by atoms with E-state index in [0.717, 1.165) is 46.9 Å². The third-order valence-corrected chi connectivity index (χ3v) is 5.26. The van der Waals surface area contributed by atoms with Gasteiger partial charge in [0.25, 0.3) is 0 Å². The maximum Gasteiger partial charge on any atom is 0.166 e. The van der Waals surface area contributed by atoms with E-state index in [1.165, 1.54) is 12.8 Å². The highest BCUT2D eigenvalue weighted by Gasteiger charge is 2.39. The van der Waals surface area contributed by atoms with Gasteiger partial charge in [-0.2, -0.15) is 0 Å². The molecule has 3 nitrogen and oxygen atoms in total. The molecule has 0 bridgehead atoms. The van der Waals surface area contributed by atoms with Gasteiger partial charge in [0.2, 0.25) is 0 Å². The summed E-state index contributed by atoms with van der Waals surface area (Å²) in [6, 6.07) is 2.05. The maximum absolute atomic E-state index is 6.71. The lowest BCUT2D eigenvalue weighted by Crippen LogP contribution is -2.32. The fraction of sp³-hybridized carbons (Fsp3) is 0.625. The minimum Gasteiger partial charge on any atom is -0.493 e. The van der Waals surface area contributed by atoms with E-state index < -0.39 is 0 Å². The first kappa shape index (κ1) is 14.0. The molecule has 1 aromatic rings. The standard InChI is InChI=1S/C16H22ClNO2/c1-10-7-11-14(17)12(8-13(19-2)15(11)20-10)16(9-18)5-3-4-6-16/h8,10H,3-7,9,18H2,1-2H3. The van der Waals surface area contributed by atoms with Crippen molar-refractivity contribution in [2.45, 2.75) is 50.5 Å². The highest BCUT2D eigenvalue weighted by atomic mass is 35.5. The molecule has 1 aliphatic carbocycles. The van der Waals surface area contributed by atoms with Gasteiger partial charge in [-0.15, -0.1) is 0 Å². The van der Waals surface area contributed by atoms with Crippen molar-refractivity contribution in [1.82, 2.24) is 0 Å². The van der Waals surface area contributed by atoms with Crippen LogP contribution in [0, 0.1) is 0 Å². The largest absolute Gasteiger partial charge is 0.493 e. The van der Waals surface area contributed by atoms with Gasteiger partial charge in [0.05, 0.1) is 12.1 Å². The molecule has 2 N–H and O–H groups in total. The monoisotopic (exact) mass is 295 g/mol. The van der Waals surface area contributed by atoms with E-state index in [4.69, 9.17) is 26.8 Å². The molecule has 0 spiro atoms. The Kier molecular flexibility index (Phi) is 3.59. The number of methoxy groups -OCH3 is 1. The molecule has 0 radical (unpaired) electrons. The Morgan fingerprint density at radius 3 is 2.75 bits per heavy atom. The van der Waals surface area contributed by atoms with Crippen molar-refractivity contribution in [2.75, 3.05) is 13.7 Å². The van der Waals surface area contributed by atoms with Gasteiger partial charge in [0.1, 0.15) is 6.10 Å². The summed E-state index contributed by atoms with van der Waals surface area (Å²) in [4.78, 5) is 0. The normalized spacial score (nSPS) is 23.5. The molecule has 110 valence electrons. The molecule has 0 amide bonds. The molecule has 1 saturated carbocycles. The van der Waals surface area contributed by atoms with Crippen molar-refractivity contribution in [3.05, 3.63) is 22.2 Å². The summed E-state index contributed by atoms with van der Waals surface area (Å²) in [5.74, 6) is 1.61. The van der Waals surface area contributed by atoms with Crippen molar-refractivity contribution < 1.29 is 9.47 Å². The first-order valence-corrected chi connectivity index (χ1v) is 7.75. The van der Waals surface area contributed by atoms with E-state index in [9.17, 15) is 0 Å². The lowest BCUT2D eigenvalue weighted by Gasteiger charge is -2.30. The molecule has 1 heterocycles. The van der Waals surface area contributed by atoms with Crippen LogP contribution < -0.4 is 15.2 Å². The minimum absolute atomic E-state index is 0.0191. The van der Waals surface area contributed by atoms with Gasteiger partial charge >= 0.3 is 0 Å². The molecule has 0 saturated heterocycles. The van der Waals surface area contributed by atoms with Crippen LogP contribution in [0.5, 0.6) is 11.5 Å². The van der Waals surface area contributed by atoms with Crippen molar-refractivity contribution in [1.29, 1.82) is 0 Å². The van der Waals surface area contributed by atoms with Gasteiger partial charge in [-0.25, -0.2) is 0 Å². The summed E-state index contributed by atoms with van der Waals surface area (Å²) in [5, 5.41) is 0.845. The number of fused-ring (bicyclic) bond motifs is 1. The van der Waals surface area contributed by atoms with E-state index in [0.29, 0.717) is 6.54 Å². The Morgan fingerprint density at radius 2 is 2.15 bits per heavy atom. The van der Waals surface area contributed by atoms with E-state index in [1.54, 1.807) is 7.11 Å². The second-order valence-corrected chi connectivity index (χ2v) is 6.45. The Balaban J connectivity index is 2.15. The fourth-order valence-electron chi connectivity index (χ4n) is 3.69. The first-order valence-electron chi connectivity index (χ1n) is 7.38. The van der Waals surface area contributed by atoms with Crippen molar-refractivity contribution in [2.24, 2.45) is 5.73 Å². The van der Waals surface area contributed by atoms with E-state index in [2.05, 4.69) is 13.0 Å². The molecule has 1 unspecified atom stereocenters. The van der Waals surface area contributed by atoms with Gasteiger partial charge in [-0.1, -0.05) is 24.4 Å². The minimum atomic E-state index is 0.0191. The molecule has 2 aliphatic rings. The van der Waals surface area contributed by atoms with E-state index >= 15 is 0 Å². The number of hydrogen-bond acceptors (Lipinski definition) is 3. The summed E-state index contributed by atoms with van der Waals surface area (Å²) in [5.41, 5.74) is 8.37. The van der Waals surface area contributed by atoms with E-state index in [1.807, 2.05) is 0 Å². The molecule has 1 aromatic carbocycles. The van der Waals surface area contributed by atoms with Crippen LogP contribution in [-0.2, 0) is 11.8 Å². The topological polar surface area (TPSA) is 44.5 Å². The van der Waals surface area contributed by atoms with Crippen LogP contribution in [0.4, 0.5) is 0 Å². The zero-order valence-corrected chi connectivity index (χ0v) is 12.9. The summed E-state index contributed by atoms with van der Waals surface area (Å²) >= 11 is 6.71. The molecule has 1 fully saturated rings. The molecule has 20 heavy (non-hydrogen) atoms. The predicted molar refractivity (Wildman–Crippen MR) is 81.0 cm³/mol. The number of halogens is 1. The van der Waals surface area contributed by atoms with Crippen molar-refractivity contribution in [3.63, 3.8) is 0 Å². The summed E-state index contributed by atoms with van der Waals surface area (Å²) in [6.07, 6.45) is 5.67. The first-order chi connectivity index (χ1) is 9.61. The molecule has 1 atom stereocenters. The molecular weight excluding hydrogens is 274 g/mol. The summed E-state index contributed by atoms with van der Waals surface area (Å²) in [7, 11) is 1.68. The average molecular weight is 296 g/mol. The van der Waals surface area contributed by atoms with Gasteiger partial charge < -0.3 is 15.2 Å². The van der Waals surface area contributed by atoms with E-state index in [-0.39, 0.29) is 11.5 Å². The SMILES string of the molecule is COc1cc(C2(CN)CCCC2)c(Cl)c2c1OC(C)C2. The molecule has 3 rings (SSSR count). The Hall–Kier alpha value is -0.930. The van der Waals surface area contributed by atoms with Gasteiger partial charge in [0, 0.05) is 23.9 Å². The second kappa shape index (κ2) is 5.12. The van der Waals surface area contributed by atoms with Crippen LogP contribution >= 0.6 is 11.6 Å². The summed E-state index contributed by atoms with van der Waals surface area (Å²) < 4.78 is 11.4. The van der Waals surface area contributed by atoms with Crippen LogP contribution in [-0.4, -0.2) is 19.8 Å². The zero-order valence-electron chi connectivity index (χ0n) is 12.2. The van der Waals surface area contributed by atoms with Gasteiger partial charge in [-0.3, -0.25) is 0 Å². The number of ether oxygens (including phenoxy) is 2. The fourth-order valence-corrected chi connectivity index (χ4v) is 4.10. The molecule has 0 aromatic heterocycles. The van der Waals surface area contributed by atoms with Gasteiger partial charge in [0.15, 0.2) is 11.5 Å². The number of rotatable bonds is 3. The van der Waals surface area contributed by atoms with Crippen molar-refractivity contribution in [3.8, 4) is 11.5 Å². The third-order valence-electron chi connectivity index (χ3n) is 4.83. The molecule has 4 heteroatoms. The lowest BCUT2D eigenvalue weighted by atomic mass is 9.78. The van der Waals surface area contributed by atoms with Gasteiger partial charge in [-0.05, 0) is 31.4 Å². The van der Waals surface area contributed by atoms with Crippen LogP contribution in [0.3, 0.4) is 0 Å². The Morgan fingerprint density at radius 1 is 1.45 bits per heavy atom. The quantitative estimate of drug-likeness (QED) is 0.929. The zero-order chi connectivity index (χ0) is 14.3. The van der Waals surface area contributed by atoms with Crippen molar-refractivity contribution >= 4 is 11.6 Å². The lowest BCUT2D eigenvalue weighted by molar-refractivity contribution is 0.243. The van der Waals surface area contributed by atoms with Crippen LogP contribution in [0.25, 0.3) is 0 Å². The number of nitrogens with two attached hydrogens (primary N) is 1. The summed E-state index contributed by atoms with van der Waals surface area (Å²) in [6.45, 7) is 2.70. The number of hydrogen-bond donors (Lipinski definition) is 1.